The molecule has 2 aromatic rings. The van der Waals surface area contributed by atoms with Crippen molar-refractivity contribution in [1.29, 1.82) is 0 Å². The van der Waals surface area contributed by atoms with Gasteiger partial charge in [-0.2, -0.15) is 0 Å². The minimum absolute atomic E-state index is 0.496. The molecule has 3 rings (SSSR count). The van der Waals surface area contributed by atoms with E-state index in [9.17, 15) is 5.11 Å². The Hall–Kier alpha value is -1.59. The average Bonchev–Trinajstić information content (AvgIpc) is 3.29. The van der Waals surface area contributed by atoms with Gasteiger partial charge in [-0.3, -0.25) is 0 Å². The lowest BCUT2D eigenvalue weighted by Gasteiger charge is -2.11. The second kappa shape index (κ2) is 6.67. The van der Waals surface area contributed by atoms with Crippen molar-refractivity contribution in [2.24, 2.45) is 0 Å². The SMILES string of the molecule is C=CCn1c(SCC(O)c2ccc(C)cc2)nnc1C1CC1. The fourth-order valence-corrected chi connectivity index (χ4v) is 3.31. The number of hydrogen-bond donors (Lipinski definition) is 1. The van der Waals surface area contributed by atoms with Crippen LogP contribution in [0.1, 0.15) is 41.8 Å². The summed E-state index contributed by atoms with van der Waals surface area (Å²) in [6.07, 6.45) is 3.77. The molecule has 0 bridgehead atoms. The van der Waals surface area contributed by atoms with Crippen LogP contribution in [0.4, 0.5) is 0 Å². The summed E-state index contributed by atoms with van der Waals surface area (Å²) in [7, 11) is 0. The van der Waals surface area contributed by atoms with Gasteiger partial charge in [0.15, 0.2) is 5.16 Å². The third-order valence-electron chi connectivity index (χ3n) is 3.83. The molecule has 1 atom stereocenters. The maximum Gasteiger partial charge on any atom is 0.191 e. The Morgan fingerprint density at radius 3 is 2.73 bits per heavy atom. The topological polar surface area (TPSA) is 50.9 Å². The summed E-state index contributed by atoms with van der Waals surface area (Å²) in [6.45, 7) is 6.58. The van der Waals surface area contributed by atoms with Crippen molar-refractivity contribution in [2.75, 3.05) is 5.75 Å². The molecule has 22 heavy (non-hydrogen) atoms. The lowest BCUT2D eigenvalue weighted by molar-refractivity contribution is 0.204. The molecule has 5 heteroatoms. The van der Waals surface area contributed by atoms with Crippen molar-refractivity contribution in [3.63, 3.8) is 0 Å². The number of thioether (sulfide) groups is 1. The standard InChI is InChI=1S/C17H21N3OS/c1-3-10-20-16(14-8-9-14)18-19-17(20)22-11-15(21)13-6-4-12(2)5-7-13/h3-7,14-15,21H,1,8-11H2,2H3. The van der Waals surface area contributed by atoms with Gasteiger partial charge in [-0.25, -0.2) is 0 Å². The van der Waals surface area contributed by atoms with Crippen LogP contribution in [0.2, 0.25) is 0 Å². The van der Waals surface area contributed by atoms with E-state index in [2.05, 4.69) is 21.3 Å². The van der Waals surface area contributed by atoms with E-state index >= 15 is 0 Å². The average molecular weight is 315 g/mol. The second-order valence-corrected chi connectivity index (χ2v) is 6.74. The van der Waals surface area contributed by atoms with Crippen LogP contribution >= 0.6 is 11.8 Å². The van der Waals surface area contributed by atoms with Gasteiger partial charge in [0.1, 0.15) is 5.82 Å². The molecule has 0 saturated heterocycles. The highest BCUT2D eigenvalue weighted by Crippen LogP contribution is 2.40. The molecule has 0 spiro atoms. The predicted octanol–water partition coefficient (Wildman–Crippen LogP) is 3.48. The fourth-order valence-electron chi connectivity index (χ4n) is 2.39. The molecule has 1 aromatic heterocycles. The van der Waals surface area contributed by atoms with Crippen molar-refractivity contribution in [2.45, 2.75) is 43.5 Å². The second-order valence-electron chi connectivity index (χ2n) is 5.75. The van der Waals surface area contributed by atoms with Crippen molar-refractivity contribution in [1.82, 2.24) is 14.8 Å². The van der Waals surface area contributed by atoms with E-state index in [1.165, 1.54) is 18.4 Å². The quantitative estimate of drug-likeness (QED) is 0.628. The highest BCUT2D eigenvalue weighted by molar-refractivity contribution is 7.99. The van der Waals surface area contributed by atoms with Gasteiger partial charge in [0, 0.05) is 18.2 Å². The molecule has 0 aliphatic heterocycles. The van der Waals surface area contributed by atoms with Crippen LogP contribution in [0.15, 0.2) is 42.1 Å². The van der Waals surface area contributed by atoms with Gasteiger partial charge in [0.05, 0.1) is 6.10 Å². The third kappa shape index (κ3) is 3.42. The minimum Gasteiger partial charge on any atom is -0.388 e. The molecule has 1 aromatic carbocycles. The number of allylic oxidation sites excluding steroid dienone is 1. The van der Waals surface area contributed by atoms with Crippen LogP contribution in [0, 0.1) is 6.92 Å². The molecule has 0 radical (unpaired) electrons. The van der Waals surface area contributed by atoms with Crippen molar-refractivity contribution < 1.29 is 5.11 Å². The normalized spacial score (nSPS) is 15.7. The Bertz CT molecular complexity index is 646. The number of aliphatic hydroxyl groups excluding tert-OH is 1. The van der Waals surface area contributed by atoms with E-state index in [1.54, 1.807) is 11.8 Å². The van der Waals surface area contributed by atoms with E-state index in [1.807, 2.05) is 37.3 Å². The summed E-state index contributed by atoms with van der Waals surface area (Å²) in [5.74, 6) is 2.19. The van der Waals surface area contributed by atoms with Gasteiger partial charge in [0.2, 0.25) is 0 Å². The van der Waals surface area contributed by atoms with Gasteiger partial charge in [-0.15, -0.1) is 16.8 Å². The molecule has 1 heterocycles. The van der Waals surface area contributed by atoms with Crippen LogP contribution in [0.25, 0.3) is 0 Å². The van der Waals surface area contributed by atoms with E-state index < -0.39 is 6.10 Å². The lowest BCUT2D eigenvalue weighted by atomic mass is 10.1. The van der Waals surface area contributed by atoms with Gasteiger partial charge in [0.25, 0.3) is 0 Å². The largest absolute Gasteiger partial charge is 0.388 e. The molecule has 1 aliphatic rings. The first kappa shape index (κ1) is 15.3. The van der Waals surface area contributed by atoms with E-state index in [0.29, 0.717) is 11.7 Å². The predicted molar refractivity (Wildman–Crippen MR) is 89.1 cm³/mol. The smallest absolute Gasteiger partial charge is 0.191 e. The van der Waals surface area contributed by atoms with Crippen LogP contribution in [0.3, 0.4) is 0 Å². The zero-order valence-electron chi connectivity index (χ0n) is 12.8. The molecule has 1 aliphatic carbocycles. The van der Waals surface area contributed by atoms with Crippen LogP contribution in [-0.4, -0.2) is 25.6 Å². The van der Waals surface area contributed by atoms with E-state index in [4.69, 9.17) is 0 Å². The molecule has 0 amide bonds. The maximum absolute atomic E-state index is 10.3. The Kier molecular flexibility index (Phi) is 4.64. The van der Waals surface area contributed by atoms with Gasteiger partial charge in [-0.05, 0) is 25.3 Å². The molecule has 1 saturated carbocycles. The highest BCUT2D eigenvalue weighted by atomic mass is 32.2. The van der Waals surface area contributed by atoms with E-state index in [-0.39, 0.29) is 0 Å². The number of aryl methyl sites for hydroxylation is 1. The molecule has 1 fully saturated rings. The van der Waals surface area contributed by atoms with Crippen molar-refractivity contribution in [3.05, 3.63) is 53.9 Å². The molecular weight excluding hydrogens is 294 g/mol. The van der Waals surface area contributed by atoms with Crippen LogP contribution in [-0.2, 0) is 6.54 Å². The zero-order chi connectivity index (χ0) is 15.5. The van der Waals surface area contributed by atoms with Crippen LogP contribution < -0.4 is 0 Å². The summed E-state index contributed by atoms with van der Waals surface area (Å²) >= 11 is 1.55. The Labute approximate surface area is 135 Å². The first-order valence-electron chi connectivity index (χ1n) is 7.60. The minimum atomic E-state index is -0.496. The first-order valence-corrected chi connectivity index (χ1v) is 8.59. The summed E-state index contributed by atoms with van der Waals surface area (Å²) in [5, 5.41) is 19.8. The molecule has 1 N–H and O–H groups in total. The number of benzene rings is 1. The van der Waals surface area contributed by atoms with Crippen LogP contribution in [0.5, 0.6) is 0 Å². The third-order valence-corrected chi connectivity index (χ3v) is 4.87. The number of hydrogen-bond acceptors (Lipinski definition) is 4. The number of aromatic nitrogens is 3. The monoisotopic (exact) mass is 315 g/mol. The summed E-state index contributed by atoms with van der Waals surface area (Å²) in [6, 6.07) is 8.00. The number of nitrogens with zero attached hydrogens (tertiary/aromatic N) is 3. The summed E-state index contributed by atoms with van der Waals surface area (Å²) < 4.78 is 2.12. The first-order chi connectivity index (χ1) is 10.7. The van der Waals surface area contributed by atoms with Gasteiger partial charge >= 0.3 is 0 Å². The van der Waals surface area contributed by atoms with Gasteiger partial charge < -0.3 is 9.67 Å². The maximum atomic E-state index is 10.3. The van der Waals surface area contributed by atoms with E-state index in [0.717, 1.165) is 23.1 Å². The molecule has 1 unspecified atom stereocenters. The lowest BCUT2D eigenvalue weighted by Crippen LogP contribution is -2.05. The summed E-state index contributed by atoms with van der Waals surface area (Å²) in [4.78, 5) is 0. The Morgan fingerprint density at radius 1 is 1.36 bits per heavy atom. The summed E-state index contributed by atoms with van der Waals surface area (Å²) in [5.41, 5.74) is 2.14. The van der Waals surface area contributed by atoms with Gasteiger partial charge in [-0.1, -0.05) is 47.7 Å². The zero-order valence-corrected chi connectivity index (χ0v) is 13.6. The van der Waals surface area contributed by atoms with Crippen molar-refractivity contribution in [3.8, 4) is 0 Å². The highest BCUT2D eigenvalue weighted by Gasteiger charge is 2.30. The Morgan fingerprint density at radius 2 is 2.09 bits per heavy atom. The Balaban J connectivity index is 1.67. The fraction of sp³-hybridized carbons (Fsp3) is 0.412. The molecule has 116 valence electrons. The molecular formula is C17H21N3OS. The number of rotatable bonds is 7. The van der Waals surface area contributed by atoms with Crippen molar-refractivity contribution >= 4 is 11.8 Å². The number of aliphatic hydroxyl groups is 1. The molecule has 4 nitrogen and oxygen atoms in total.